The third-order valence-corrected chi connectivity index (χ3v) is 3.65. The monoisotopic (exact) mass is 244 g/mol. The van der Waals surface area contributed by atoms with Crippen molar-refractivity contribution in [2.24, 2.45) is 0 Å². The van der Waals surface area contributed by atoms with Crippen LogP contribution in [0.4, 0.5) is 0 Å². The maximum Gasteiger partial charge on any atom is 0.0765 e. The molecule has 2 N–H and O–H groups in total. The molecule has 1 saturated heterocycles. The van der Waals surface area contributed by atoms with Gasteiger partial charge < -0.3 is 20.1 Å². The van der Waals surface area contributed by atoms with Gasteiger partial charge in [0.2, 0.25) is 0 Å². The summed E-state index contributed by atoms with van der Waals surface area (Å²) in [5, 5.41) is 13.6. The van der Waals surface area contributed by atoms with Crippen LogP contribution in [0.5, 0.6) is 0 Å². The van der Waals surface area contributed by atoms with Crippen LogP contribution < -0.4 is 5.32 Å². The molecule has 17 heavy (non-hydrogen) atoms. The first-order valence-corrected chi connectivity index (χ1v) is 6.74. The van der Waals surface area contributed by atoms with Crippen molar-refractivity contribution in [2.75, 3.05) is 39.9 Å². The van der Waals surface area contributed by atoms with E-state index >= 15 is 0 Å². The molecule has 1 fully saturated rings. The van der Waals surface area contributed by atoms with Crippen molar-refractivity contribution in [1.29, 1.82) is 0 Å². The van der Waals surface area contributed by atoms with Gasteiger partial charge in [0, 0.05) is 32.7 Å². The van der Waals surface area contributed by atoms with Gasteiger partial charge in [-0.2, -0.15) is 0 Å². The van der Waals surface area contributed by atoms with E-state index in [1.165, 1.54) is 25.9 Å². The molecule has 0 radical (unpaired) electrons. The van der Waals surface area contributed by atoms with Crippen LogP contribution in [-0.4, -0.2) is 61.5 Å². The SMILES string of the molecule is CCN1CCC(NCC(C)(O)CCOC)CC1. The lowest BCUT2D eigenvalue weighted by atomic mass is 10.00. The summed E-state index contributed by atoms with van der Waals surface area (Å²) < 4.78 is 5.00. The van der Waals surface area contributed by atoms with Gasteiger partial charge in [-0.25, -0.2) is 0 Å². The molecule has 1 rings (SSSR count). The molecule has 0 saturated carbocycles. The molecule has 0 aromatic rings. The second-order valence-corrected chi connectivity index (χ2v) is 5.33. The second kappa shape index (κ2) is 7.31. The summed E-state index contributed by atoms with van der Waals surface area (Å²) in [6, 6.07) is 0.562. The molecule has 0 bridgehead atoms. The summed E-state index contributed by atoms with van der Waals surface area (Å²) in [5.41, 5.74) is -0.655. The Morgan fingerprint density at radius 2 is 2.06 bits per heavy atom. The van der Waals surface area contributed by atoms with E-state index in [2.05, 4.69) is 17.1 Å². The first kappa shape index (κ1) is 14.9. The normalized spacial score (nSPS) is 22.6. The zero-order chi connectivity index (χ0) is 12.7. The Kier molecular flexibility index (Phi) is 6.41. The summed E-state index contributed by atoms with van der Waals surface area (Å²) in [6.45, 7) is 8.86. The molecule has 0 amide bonds. The molecule has 102 valence electrons. The van der Waals surface area contributed by atoms with Crippen molar-refractivity contribution in [3.05, 3.63) is 0 Å². The molecular weight excluding hydrogens is 216 g/mol. The fraction of sp³-hybridized carbons (Fsp3) is 1.00. The first-order valence-electron chi connectivity index (χ1n) is 6.74. The molecular formula is C13H28N2O2. The van der Waals surface area contributed by atoms with Crippen LogP contribution >= 0.6 is 0 Å². The van der Waals surface area contributed by atoms with Crippen LogP contribution in [0.3, 0.4) is 0 Å². The van der Waals surface area contributed by atoms with Crippen LogP contribution in [0, 0.1) is 0 Å². The standard InChI is InChI=1S/C13H28N2O2/c1-4-15-8-5-12(6-9-15)14-11-13(2,16)7-10-17-3/h12,14,16H,4-11H2,1-3H3. The van der Waals surface area contributed by atoms with Gasteiger partial charge in [-0.15, -0.1) is 0 Å². The lowest BCUT2D eigenvalue weighted by Crippen LogP contribution is -2.47. The third kappa shape index (κ3) is 5.82. The highest BCUT2D eigenvalue weighted by atomic mass is 16.5. The number of hydrogen-bond donors (Lipinski definition) is 2. The van der Waals surface area contributed by atoms with Crippen molar-refractivity contribution in [3.63, 3.8) is 0 Å². The fourth-order valence-electron chi connectivity index (χ4n) is 2.23. The van der Waals surface area contributed by atoms with Gasteiger partial charge in [-0.05, 0) is 39.4 Å². The molecule has 0 spiro atoms. The van der Waals surface area contributed by atoms with Gasteiger partial charge in [0.05, 0.1) is 5.60 Å². The Hall–Kier alpha value is -0.160. The van der Waals surface area contributed by atoms with E-state index in [1.54, 1.807) is 7.11 Å². The number of piperidine rings is 1. The lowest BCUT2D eigenvalue weighted by Gasteiger charge is -2.33. The van der Waals surface area contributed by atoms with Gasteiger partial charge in [0.15, 0.2) is 0 Å². The zero-order valence-corrected chi connectivity index (χ0v) is 11.5. The second-order valence-electron chi connectivity index (χ2n) is 5.33. The summed E-state index contributed by atoms with van der Waals surface area (Å²) in [7, 11) is 1.67. The van der Waals surface area contributed by atoms with Crippen LogP contribution in [0.2, 0.25) is 0 Å². The third-order valence-electron chi connectivity index (χ3n) is 3.65. The molecule has 0 aromatic carbocycles. The minimum atomic E-state index is -0.655. The molecule has 1 atom stereocenters. The fourth-order valence-corrected chi connectivity index (χ4v) is 2.23. The van der Waals surface area contributed by atoms with Gasteiger partial charge in [0.1, 0.15) is 0 Å². The van der Waals surface area contributed by atoms with Gasteiger partial charge in [-0.1, -0.05) is 6.92 Å². The summed E-state index contributed by atoms with van der Waals surface area (Å²) >= 11 is 0. The highest BCUT2D eigenvalue weighted by Gasteiger charge is 2.23. The molecule has 4 nitrogen and oxygen atoms in total. The zero-order valence-electron chi connectivity index (χ0n) is 11.5. The predicted molar refractivity (Wildman–Crippen MR) is 70.3 cm³/mol. The maximum atomic E-state index is 10.1. The number of methoxy groups -OCH3 is 1. The number of likely N-dealkylation sites (tertiary alicyclic amines) is 1. The molecule has 1 unspecified atom stereocenters. The molecule has 1 aliphatic rings. The largest absolute Gasteiger partial charge is 0.389 e. The van der Waals surface area contributed by atoms with Crippen LogP contribution in [0.25, 0.3) is 0 Å². The van der Waals surface area contributed by atoms with Crippen LogP contribution in [0.15, 0.2) is 0 Å². The summed E-state index contributed by atoms with van der Waals surface area (Å²) in [5.74, 6) is 0. The molecule has 1 aliphatic heterocycles. The van der Waals surface area contributed by atoms with E-state index in [1.807, 2.05) is 6.92 Å². The van der Waals surface area contributed by atoms with Crippen molar-refractivity contribution < 1.29 is 9.84 Å². The smallest absolute Gasteiger partial charge is 0.0765 e. The Labute approximate surface area is 105 Å². The molecule has 1 heterocycles. The van der Waals surface area contributed by atoms with Gasteiger partial charge >= 0.3 is 0 Å². The Balaban J connectivity index is 2.18. The van der Waals surface area contributed by atoms with E-state index in [0.717, 1.165) is 6.54 Å². The number of rotatable bonds is 7. The molecule has 0 aromatic heterocycles. The average Bonchev–Trinajstić information content (AvgIpc) is 2.35. The highest BCUT2D eigenvalue weighted by Crippen LogP contribution is 2.12. The predicted octanol–water partition coefficient (Wildman–Crippen LogP) is 0.848. The van der Waals surface area contributed by atoms with Crippen molar-refractivity contribution in [1.82, 2.24) is 10.2 Å². The molecule has 0 aliphatic carbocycles. The minimum absolute atomic E-state index is 0.562. The van der Waals surface area contributed by atoms with Crippen LogP contribution in [-0.2, 0) is 4.74 Å². The first-order chi connectivity index (χ1) is 8.07. The van der Waals surface area contributed by atoms with Gasteiger partial charge in [0.25, 0.3) is 0 Å². The Morgan fingerprint density at radius 3 is 2.59 bits per heavy atom. The Bertz CT molecular complexity index is 202. The maximum absolute atomic E-state index is 10.1. The van der Waals surface area contributed by atoms with Crippen molar-refractivity contribution in [2.45, 2.75) is 44.8 Å². The number of hydrogen-bond acceptors (Lipinski definition) is 4. The van der Waals surface area contributed by atoms with Crippen molar-refractivity contribution >= 4 is 0 Å². The quantitative estimate of drug-likeness (QED) is 0.697. The van der Waals surface area contributed by atoms with E-state index in [0.29, 0.717) is 25.6 Å². The van der Waals surface area contributed by atoms with Crippen molar-refractivity contribution in [3.8, 4) is 0 Å². The number of ether oxygens (including phenoxy) is 1. The topological polar surface area (TPSA) is 44.7 Å². The van der Waals surface area contributed by atoms with Gasteiger partial charge in [-0.3, -0.25) is 0 Å². The van der Waals surface area contributed by atoms with E-state index in [9.17, 15) is 5.11 Å². The number of aliphatic hydroxyl groups is 1. The van der Waals surface area contributed by atoms with E-state index in [-0.39, 0.29) is 0 Å². The minimum Gasteiger partial charge on any atom is -0.389 e. The van der Waals surface area contributed by atoms with E-state index < -0.39 is 5.60 Å². The van der Waals surface area contributed by atoms with E-state index in [4.69, 9.17) is 4.74 Å². The van der Waals surface area contributed by atoms with Crippen LogP contribution in [0.1, 0.15) is 33.1 Å². The lowest BCUT2D eigenvalue weighted by molar-refractivity contribution is 0.0207. The Morgan fingerprint density at radius 1 is 1.41 bits per heavy atom. The average molecular weight is 244 g/mol. The summed E-state index contributed by atoms with van der Waals surface area (Å²) in [6.07, 6.45) is 3.06. The molecule has 4 heteroatoms. The summed E-state index contributed by atoms with van der Waals surface area (Å²) in [4.78, 5) is 2.47. The number of nitrogens with zero attached hydrogens (tertiary/aromatic N) is 1. The highest BCUT2D eigenvalue weighted by molar-refractivity contribution is 4.81. The number of nitrogens with one attached hydrogen (secondary N) is 1.